The number of nitrogens with two attached hydrogens (primary N) is 1. The Balaban J connectivity index is 2.45. The molecule has 0 unspecified atom stereocenters. The van der Waals surface area contributed by atoms with E-state index in [1.807, 2.05) is 18.2 Å². The van der Waals surface area contributed by atoms with Crippen LogP contribution in [-0.4, -0.2) is 10.2 Å². The van der Waals surface area contributed by atoms with Crippen LogP contribution in [0.25, 0.3) is 11.3 Å². The highest BCUT2D eigenvalue weighted by molar-refractivity contribution is 5.65. The number of rotatable bonds is 2. The van der Waals surface area contributed by atoms with Gasteiger partial charge in [0.15, 0.2) is 0 Å². The molecule has 4 heteroatoms. The third kappa shape index (κ3) is 1.95. The highest BCUT2D eigenvalue weighted by Crippen LogP contribution is 2.21. The fourth-order valence-electron chi connectivity index (χ4n) is 1.58. The number of aryl methyl sites for hydroxylation is 1. The van der Waals surface area contributed by atoms with Crippen LogP contribution in [0.4, 0.5) is 5.69 Å². The zero-order valence-electron chi connectivity index (χ0n) is 9.03. The second-order valence-electron chi connectivity index (χ2n) is 3.57. The molecule has 1 heterocycles. The Morgan fingerprint density at radius 3 is 2.69 bits per heavy atom. The largest absolute Gasteiger partial charge is 0.398 e. The van der Waals surface area contributed by atoms with E-state index in [-0.39, 0.29) is 5.56 Å². The summed E-state index contributed by atoms with van der Waals surface area (Å²) in [6.07, 6.45) is 0.908. The van der Waals surface area contributed by atoms with Gasteiger partial charge in [0.1, 0.15) is 0 Å². The first-order chi connectivity index (χ1) is 7.70. The summed E-state index contributed by atoms with van der Waals surface area (Å²) in [5.41, 5.74) is 9.19. The van der Waals surface area contributed by atoms with Crippen LogP contribution in [0.5, 0.6) is 0 Å². The van der Waals surface area contributed by atoms with Crippen LogP contribution in [-0.2, 0) is 6.42 Å². The lowest BCUT2D eigenvalue weighted by Crippen LogP contribution is -2.05. The molecule has 0 bridgehead atoms. The maximum atomic E-state index is 10.9. The van der Waals surface area contributed by atoms with Crippen LogP contribution >= 0.6 is 0 Å². The molecule has 0 radical (unpaired) electrons. The van der Waals surface area contributed by atoms with Gasteiger partial charge in [-0.05, 0) is 24.1 Å². The Morgan fingerprint density at radius 1 is 1.31 bits per heavy atom. The van der Waals surface area contributed by atoms with Crippen molar-refractivity contribution in [3.8, 4) is 11.3 Å². The van der Waals surface area contributed by atoms with E-state index in [9.17, 15) is 4.79 Å². The van der Waals surface area contributed by atoms with Gasteiger partial charge < -0.3 is 5.73 Å². The summed E-state index contributed by atoms with van der Waals surface area (Å²) in [5.74, 6) is 0. The second kappa shape index (κ2) is 4.18. The van der Waals surface area contributed by atoms with Gasteiger partial charge in [-0.2, -0.15) is 5.10 Å². The van der Waals surface area contributed by atoms with Gasteiger partial charge in [-0.15, -0.1) is 0 Å². The Morgan fingerprint density at radius 2 is 2.12 bits per heavy atom. The molecule has 0 saturated heterocycles. The van der Waals surface area contributed by atoms with Gasteiger partial charge in [0.25, 0.3) is 5.56 Å². The van der Waals surface area contributed by atoms with E-state index in [0.717, 1.165) is 23.2 Å². The van der Waals surface area contributed by atoms with Gasteiger partial charge in [0.05, 0.1) is 5.69 Å². The molecular weight excluding hydrogens is 202 g/mol. The van der Waals surface area contributed by atoms with Crippen LogP contribution in [0, 0.1) is 0 Å². The number of nitrogens with one attached hydrogen (secondary N) is 1. The minimum Gasteiger partial charge on any atom is -0.398 e. The lowest BCUT2D eigenvalue weighted by molar-refractivity contribution is 0.995. The number of benzene rings is 1. The molecule has 0 aliphatic rings. The molecule has 2 aromatic rings. The highest BCUT2D eigenvalue weighted by Gasteiger charge is 2.02. The molecule has 0 aliphatic carbocycles. The molecule has 1 aromatic carbocycles. The van der Waals surface area contributed by atoms with Crippen molar-refractivity contribution in [2.45, 2.75) is 13.3 Å². The Labute approximate surface area is 93.1 Å². The van der Waals surface area contributed by atoms with Crippen LogP contribution < -0.4 is 11.3 Å². The predicted octanol–water partition coefficient (Wildman–Crippen LogP) is 1.58. The lowest BCUT2D eigenvalue weighted by Gasteiger charge is -2.05. The minimum atomic E-state index is -0.207. The number of aromatic nitrogens is 2. The molecule has 2 rings (SSSR count). The van der Waals surface area contributed by atoms with E-state index < -0.39 is 0 Å². The Bertz CT molecular complexity index is 540. The molecule has 0 spiro atoms. The first kappa shape index (κ1) is 10.4. The van der Waals surface area contributed by atoms with Crippen LogP contribution in [0.1, 0.15) is 12.5 Å². The molecule has 0 fully saturated rings. The van der Waals surface area contributed by atoms with Crippen LogP contribution in [0.15, 0.2) is 35.1 Å². The maximum absolute atomic E-state index is 10.9. The number of hydrogen-bond acceptors (Lipinski definition) is 3. The molecule has 82 valence electrons. The van der Waals surface area contributed by atoms with Gasteiger partial charge in [-0.3, -0.25) is 4.79 Å². The number of H-pyrrole nitrogens is 1. The Hall–Kier alpha value is -2.10. The predicted molar refractivity (Wildman–Crippen MR) is 64.1 cm³/mol. The summed E-state index contributed by atoms with van der Waals surface area (Å²) >= 11 is 0. The summed E-state index contributed by atoms with van der Waals surface area (Å²) in [5, 5.41) is 6.35. The lowest BCUT2D eigenvalue weighted by atomic mass is 10.1. The van der Waals surface area contributed by atoms with Crippen molar-refractivity contribution >= 4 is 5.69 Å². The average Bonchev–Trinajstić information content (AvgIpc) is 2.30. The molecule has 4 nitrogen and oxygen atoms in total. The van der Waals surface area contributed by atoms with Crippen molar-refractivity contribution in [3.63, 3.8) is 0 Å². The molecule has 0 atom stereocenters. The second-order valence-corrected chi connectivity index (χ2v) is 3.57. The number of nitrogen functional groups attached to an aromatic ring is 1. The topological polar surface area (TPSA) is 71.8 Å². The number of aromatic amines is 1. The van der Waals surface area contributed by atoms with Crippen molar-refractivity contribution in [2.24, 2.45) is 0 Å². The third-order valence-electron chi connectivity index (χ3n) is 2.50. The average molecular weight is 215 g/mol. The van der Waals surface area contributed by atoms with Crippen molar-refractivity contribution in [1.82, 2.24) is 10.2 Å². The summed E-state index contributed by atoms with van der Waals surface area (Å²) in [6, 6.07) is 8.94. The van der Waals surface area contributed by atoms with Crippen molar-refractivity contribution in [3.05, 3.63) is 46.2 Å². The van der Waals surface area contributed by atoms with E-state index in [4.69, 9.17) is 5.73 Å². The summed E-state index contributed by atoms with van der Waals surface area (Å²) in [4.78, 5) is 10.9. The van der Waals surface area contributed by atoms with Crippen molar-refractivity contribution < 1.29 is 0 Å². The van der Waals surface area contributed by atoms with Gasteiger partial charge in [-0.25, -0.2) is 5.10 Å². The van der Waals surface area contributed by atoms with E-state index >= 15 is 0 Å². The van der Waals surface area contributed by atoms with Crippen molar-refractivity contribution in [1.29, 1.82) is 0 Å². The fourth-order valence-corrected chi connectivity index (χ4v) is 1.58. The van der Waals surface area contributed by atoms with E-state index in [1.165, 1.54) is 6.07 Å². The summed E-state index contributed by atoms with van der Waals surface area (Å²) in [6.45, 7) is 2.06. The molecule has 1 aromatic heterocycles. The van der Waals surface area contributed by atoms with Gasteiger partial charge in [0.2, 0.25) is 0 Å². The molecular formula is C12H13N3O. The molecule has 0 aliphatic heterocycles. The van der Waals surface area contributed by atoms with E-state index in [2.05, 4.69) is 17.1 Å². The SMILES string of the molecule is CCc1ccc(-c2ccc(=O)[nH]n2)cc1N. The standard InChI is InChI=1S/C12H13N3O/c1-2-8-3-4-9(7-10(8)13)11-5-6-12(16)15-14-11/h3-7H,2,13H2,1H3,(H,15,16). The smallest absolute Gasteiger partial charge is 0.264 e. The maximum Gasteiger partial charge on any atom is 0.264 e. The van der Waals surface area contributed by atoms with Crippen LogP contribution in [0.3, 0.4) is 0 Å². The number of anilines is 1. The zero-order chi connectivity index (χ0) is 11.5. The number of nitrogens with zero attached hydrogens (tertiary/aromatic N) is 1. The zero-order valence-corrected chi connectivity index (χ0v) is 9.03. The Kier molecular flexibility index (Phi) is 2.72. The quantitative estimate of drug-likeness (QED) is 0.747. The fraction of sp³-hybridized carbons (Fsp3) is 0.167. The third-order valence-corrected chi connectivity index (χ3v) is 2.50. The summed E-state index contributed by atoms with van der Waals surface area (Å²) in [7, 11) is 0. The van der Waals surface area contributed by atoms with Gasteiger partial charge >= 0.3 is 0 Å². The van der Waals surface area contributed by atoms with Gasteiger partial charge in [0, 0.05) is 17.3 Å². The monoisotopic (exact) mass is 215 g/mol. The van der Waals surface area contributed by atoms with Gasteiger partial charge in [-0.1, -0.05) is 19.1 Å². The highest BCUT2D eigenvalue weighted by atomic mass is 16.1. The summed E-state index contributed by atoms with van der Waals surface area (Å²) < 4.78 is 0. The first-order valence-electron chi connectivity index (χ1n) is 5.15. The molecule has 3 N–H and O–H groups in total. The molecule has 0 saturated carbocycles. The van der Waals surface area contributed by atoms with Crippen LogP contribution in [0.2, 0.25) is 0 Å². The normalized spacial score (nSPS) is 10.3. The first-order valence-corrected chi connectivity index (χ1v) is 5.15. The minimum absolute atomic E-state index is 0.207. The molecule has 0 amide bonds. The van der Waals surface area contributed by atoms with E-state index in [1.54, 1.807) is 6.07 Å². The van der Waals surface area contributed by atoms with E-state index in [0.29, 0.717) is 5.69 Å². The number of hydrogen-bond donors (Lipinski definition) is 2. The molecule has 16 heavy (non-hydrogen) atoms. The van der Waals surface area contributed by atoms with Crippen molar-refractivity contribution in [2.75, 3.05) is 5.73 Å².